The minimum atomic E-state index is 0.208. The van der Waals surface area contributed by atoms with Crippen LogP contribution in [-0.4, -0.2) is 37.6 Å². The topological polar surface area (TPSA) is 54.3 Å². The lowest BCUT2D eigenvalue weighted by Gasteiger charge is -2.23. The lowest BCUT2D eigenvalue weighted by molar-refractivity contribution is 0.307. The molecule has 2 aromatic rings. The Bertz CT molecular complexity index is 587. The van der Waals surface area contributed by atoms with E-state index in [1.54, 1.807) is 7.11 Å². The highest BCUT2D eigenvalue weighted by Gasteiger charge is 2.22. The number of likely N-dealkylation sites (N-methyl/N-ethyl adjacent to an activating group) is 1. The van der Waals surface area contributed by atoms with E-state index in [9.17, 15) is 0 Å². The van der Waals surface area contributed by atoms with Gasteiger partial charge in [-0.1, -0.05) is 6.07 Å². The zero-order valence-electron chi connectivity index (χ0n) is 12.4. The van der Waals surface area contributed by atoms with Gasteiger partial charge in [0.1, 0.15) is 5.75 Å². The highest BCUT2D eigenvalue weighted by atomic mass is 16.5. The van der Waals surface area contributed by atoms with E-state index in [2.05, 4.69) is 43.9 Å². The summed E-state index contributed by atoms with van der Waals surface area (Å²) in [4.78, 5) is 5.61. The highest BCUT2D eigenvalue weighted by molar-refractivity contribution is 5.92. The Labute approximate surface area is 114 Å². The first-order valence-corrected chi connectivity index (χ1v) is 6.53. The van der Waals surface area contributed by atoms with Crippen molar-refractivity contribution >= 4 is 10.9 Å². The van der Waals surface area contributed by atoms with Gasteiger partial charge in [0.25, 0.3) is 0 Å². The normalized spacial score (nSPS) is 13.2. The first-order chi connectivity index (χ1) is 9.01. The van der Waals surface area contributed by atoms with Gasteiger partial charge in [0.2, 0.25) is 0 Å². The molecule has 1 aromatic heterocycles. The molecule has 0 bridgehead atoms. The molecule has 0 saturated heterocycles. The quantitative estimate of drug-likeness (QED) is 0.888. The third-order valence-corrected chi connectivity index (χ3v) is 3.76. The number of fused-ring (bicyclic) bond motifs is 1. The number of methoxy groups -OCH3 is 1. The van der Waals surface area contributed by atoms with Crippen LogP contribution in [0.15, 0.2) is 12.1 Å². The number of aromatic nitrogens is 1. The van der Waals surface area contributed by atoms with Gasteiger partial charge in [0.05, 0.1) is 12.6 Å². The molecular weight excluding hydrogens is 238 g/mol. The second-order valence-electron chi connectivity index (χ2n) is 5.21. The molecule has 2 rings (SSSR count). The summed E-state index contributed by atoms with van der Waals surface area (Å²) in [7, 11) is 5.82. The van der Waals surface area contributed by atoms with Gasteiger partial charge in [-0.05, 0) is 45.1 Å². The fourth-order valence-electron chi connectivity index (χ4n) is 2.77. The Kier molecular flexibility index (Phi) is 3.83. The molecule has 1 atom stereocenters. The molecule has 104 valence electrons. The fraction of sp³-hybridized carbons (Fsp3) is 0.467. The largest absolute Gasteiger partial charge is 0.495 e. The molecule has 1 unspecified atom stereocenters. The van der Waals surface area contributed by atoms with Crippen LogP contribution >= 0.6 is 0 Å². The van der Waals surface area contributed by atoms with E-state index >= 15 is 0 Å². The van der Waals surface area contributed by atoms with Crippen LogP contribution in [0.2, 0.25) is 0 Å². The van der Waals surface area contributed by atoms with Crippen LogP contribution < -0.4 is 10.5 Å². The zero-order valence-corrected chi connectivity index (χ0v) is 12.4. The lowest BCUT2D eigenvalue weighted by Crippen LogP contribution is -2.27. The summed E-state index contributed by atoms with van der Waals surface area (Å²) in [5.41, 5.74) is 10.7. The molecule has 0 radical (unpaired) electrons. The van der Waals surface area contributed by atoms with Crippen molar-refractivity contribution in [3.8, 4) is 5.75 Å². The molecule has 0 aliphatic carbocycles. The maximum atomic E-state index is 5.96. The van der Waals surface area contributed by atoms with Crippen LogP contribution in [0.1, 0.15) is 22.9 Å². The maximum Gasteiger partial charge on any atom is 0.142 e. The average molecular weight is 261 g/mol. The second-order valence-corrected chi connectivity index (χ2v) is 5.21. The van der Waals surface area contributed by atoms with Crippen molar-refractivity contribution in [2.24, 2.45) is 5.73 Å². The molecular formula is C15H23N3O. The number of rotatable bonds is 4. The molecule has 3 N–H and O–H groups in total. The average Bonchev–Trinajstić information content (AvgIpc) is 2.69. The molecule has 19 heavy (non-hydrogen) atoms. The predicted molar refractivity (Wildman–Crippen MR) is 79.8 cm³/mol. The van der Waals surface area contributed by atoms with Crippen molar-refractivity contribution in [3.05, 3.63) is 29.0 Å². The molecule has 4 heteroatoms. The smallest absolute Gasteiger partial charge is 0.142 e. The van der Waals surface area contributed by atoms with Gasteiger partial charge in [-0.15, -0.1) is 0 Å². The van der Waals surface area contributed by atoms with Crippen molar-refractivity contribution in [1.82, 2.24) is 9.88 Å². The maximum absolute atomic E-state index is 5.96. The van der Waals surface area contributed by atoms with Crippen LogP contribution in [-0.2, 0) is 0 Å². The third-order valence-electron chi connectivity index (χ3n) is 3.76. The van der Waals surface area contributed by atoms with E-state index in [0.29, 0.717) is 6.54 Å². The summed E-state index contributed by atoms with van der Waals surface area (Å²) in [6.07, 6.45) is 0. The monoisotopic (exact) mass is 261 g/mol. The first kappa shape index (κ1) is 13.9. The van der Waals surface area contributed by atoms with Crippen LogP contribution in [0.3, 0.4) is 0 Å². The van der Waals surface area contributed by atoms with Gasteiger partial charge in [-0.3, -0.25) is 0 Å². The van der Waals surface area contributed by atoms with Crippen LogP contribution in [0, 0.1) is 13.8 Å². The Morgan fingerprint density at radius 2 is 2.00 bits per heavy atom. The van der Waals surface area contributed by atoms with E-state index < -0.39 is 0 Å². The number of hydrogen-bond acceptors (Lipinski definition) is 3. The van der Waals surface area contributed by atoms with Crippen molar-refractivity contribution in [2.75, 3.05) is 27.7 Å². The first-order valence-electron chi connectivity index (χ1n) is 6.53. The Morgan fingerprint density at radius 1 is 1.32 bits per heavy atom. The number of hydrogen-bond donors (Lipinski definition) is 2. The van der Waals surface area contributed by atoms with Gasteiger partial charge < -0.3 is 20.4 Å². The standard InChI is InChI=1S/C15H23N3O/c1-9-6-7-12(19-5)15-13(9)14(10(2)17-15)11(8-16)18(3)4/h6-7,11,17H,8,16H2,1-5H3. The number of aryl methyl sites for hydroxylation is 2. The number of benzene rings is 1. The SMILES string of the molecule is COc1ccc(C)c2c(C(CN)N(C)C)c(C)[nH]c12. The van der Waals surface area contributed by atoms with E-state index in [1.807, 2.05) is 6.07 Å². The summed E-state index contributed by atoms with van der Waals surface area (Å²) < 4.78 is 5.45. The number of nitrogens with one attached hydrogen (secondary N) is 1. The van der Waals surface area contributed by atoms with Crippen molar-refractivity contribution in [2.45, 2.75) is 19.9 Å². The van der Waals surface area contributed by atoms with Crippen LogP contribution in [0.25, 0.3) is 10.9 Å². The number of H-pyrrole nitrogens is 1. The Hall–Kier alpha value is -1.52. The zero-order chi connectivity index (χ0) is 14.2. The predicted octanol–water partition coefficient (Wildman–Crippen LogP) is 2.35. The van der Waals surface area contributed by atoms with Crippen molar-refractivity contribution < 1.29 is 4.74 Å². The Morgan fingerprint density at radius 3 is 2.53 bits per heavy atom. The summed E-state index contributed by atoms with van der Waals surface area (Å²) in [6.45, 7) is 4.82. The lowest BCUT2D eigenvalue weighted by atomic mass is 9.99. The minimum Gasteiger partial charge on any atom is -0.495 e. The number of aromatic amines is 1. The summed E-state index contributed by atoms with van der Waals surface area (Å²) in [5, 5.41) is 1.24. The number of nitrogens with two attached hydrogens (primary N) is 1. The molecule has 4 nitrogen and oxygen atoms in total. The minimum absolute atomic E-state index is 0.208. The van der Waals surface area contributed by atoms with Crippen molar-refractivity contribution in [1.29, 1.82) is 0 Å². The van der Waals surface area contributed by atoms with Gasteiger partial charge >= 0.3 is 0 Å². The van der Waals surface area contributed by atoms with E-state index in [0.717, 1.165) is 17.0 Å². The summed E-state index contributed by atoms with van der Waals surface area (Å²) in [5.74, 6) is 0.879. The van der Waals surface area contributed by atoms with Gasteiger partial charge in [-0.25, -0.2) is 0 Å². The number of ether oxygens (including phenoxy) is 1. The third kappa shape index (κ3) is 2.22. The molecule has 0 aliphatic heterocycles. The highest BCUT2D eigenvalue weighted by Crippen LogP contribution is 2.36. The molecule has 0 aliphatic rings. The van der Waals surface area contributed by atoms with Crippen LogP contribution in [0.5, 0.6) is 5.75 Å². The summed E-state index contributed by atoms with van der Waals surface area (Å²) in [6, 6.07) is 4.31. The van der Waals surface area contributed by atoms with Gasteiger partial charge in [0.15, 0.2) is 0 Å². The Balaban J connectivity index is 2.77. The summed E-state index contributed by atoms with van der Waals surface area (Å²) >= 11 is 0. The molecule has 1 heterocycles. The van der Waals surface area contributed by atoms with Gasteiger partial charge in [0, 0.05) is 23.7 Å². The van der Waals surface area contributed by atoms with E-state index in [-0.39, 0.29) is 6.04 Å². The van der Waals surface area contributed by atoms with E-state index in [4.69, 9.17) is 10.5 Å². The van der Waals surface area contributed by atoms with Crippen LogP contribution in [0.4, 0.5) is 0 Å². The van der Waals surface area contributed by atoms with Crippen molar-refractivity contribution in [3.63, 3.8) is 0 Å². The van der Waals surface area contributed by atoms with E-state index in [1.165, 1.54) is 16.5 Å². The molecule has 0 saturated carbocycles. The molecule has 1 aromatic carbocycles. The molecule has 0 spiro atoms. The second kappa shape index (κ2) is 5.23. The fourth-order valence-corrected chi connectivity index (χ4v) is 2.77. The number of nitrogens with zero attached hydrogens (tertiary/aromatic N) is 1. The van der Waals surface area contributed by atoms with Gasteiger partial charge in [-0.2, -0.15) is 0 Å². The molecule has 0 fully saturated rings. The molecule has 0 amide bonds.